The molecular formula is C14H22ClN3. The largest absolute Gasteiger partial charge is 0.259 e. The van der Waals surface area contributed by atoms with Gasteiger partial charge < -0.3 is 0 Å². The summed E-state index contributed by atoms with van der Waals surface area (Å²) >= 11 is 6.00. The third-order valence-corrected chi connectivity index (χ3v) is 3.31. The minimum atomic E-state index is 0.353. The van der Waals surface area contributed by atoms with Crippen molar-refractivity contribution >= 4 is 11.6 Å². The van der Waals surface area contributed by atoms with Crippen molar-refractivity contribution in [1.82, 2.24) is 5.43 Å². The normalized spacial score (nSPS) is 19.3. The van der Waals surface area contributed by atoms with Crippen LogP contribution in [0.2, 0.25) is 0 Å². The Kier molecular flexibility index (Phi) is 7.42. The van der Waals surface area contributed by atoms with E-state index >= 15 is 0 Å². The number of hydrogen-bond acceptors (Lipinski definition) is 2. The van der Waals surface area contributed by atoms with E-state index in [2.05, 4.69) is 22.3 Å². The first-order chi connectivity index (χ1) is 8.74. The third-order valence-electron chi connectivity index (χ3n) is 2.95. The molecule has 0 aromatic rings. The van der Waals surface area contributed by atoms with E-state index in [9.17, 15) is 0 Å². The third kappa shape index (κ3) is 6.01. The molecule has 0 aromatic carbocycles. The van der Waals surface area contributed by atoms with Crippen LogP contribution in [0.5, 0.6) is 0 Å². The lowest BCUT2D eigenvalue weighted by Crippen LogP contribution is -2.07. The minimum Gasteiger partial charge on any atom is -0.259 e. The number of rotatable bonds is 5. The second-order valence-corrected chi connectivity index (χ2v) is 4.90. The average Bonchev–Trinajstić information content (AvgIpc) is 2.64. The van der Waals surface area contributed by atoms with Crippen LogP contribution in [0, 0.1) is 0 Å². The van der Waals surface area contributed by atoms with Crippen LogP contribution in [0.1, 0.15) is 45.4 Å². The Balaban J connectivity index is 2.36. The second kappa shape index (κ2) is 8.92. The fourth-order valence-electron chi connectivity index (χ4n) is 1.88. The molecule has 1 saturated carbocycles. The molecule has 0 aromatic heterocycles. The predicted molar refractivity (Wildman–Crippen MR) is 77.4 cm³/mol. The van der Waals surface area contributed by atoms with Gasteiger partial charge in [0.1, 0.15) is 0 Å². The SMILES string of the molecule is C=C(NN=NC1CCCCCC1)/C(Cl)=C\C=C/C. The van der Waals surface area contributed by atoms with Gasteiger partial charge in [0.25, 0.3) is 0 Å². The molecule has 18 heavy (non-hydrogen) atoms. The molecule has 100 valence electrons. The van der Waals surface area contributed by atoms with E-state index in [4.69, 9.17) is 11.6 Å². The zero-order chi connectivity index (χ0) is 13.2. The Morgan fingerprint density at radius 2 is 1.94 bits per heavy atom. The quantitative estimate of drug-likeness (QED) is 0.328. The van der Waals surface area contributed by atoms with Crippen LogP contribution in [0.25, 0.3) is 0 Å². The minimum absolute atomic E-state index is 0.353. The highest BCUT2D eigenvalue weighted by Crippen LogP contribution is 2.20. The summed E-state index contributed by atoms with van der Waals surface area (Å²) in [6.07, 6.45) is 13.0. The summed E-state index contributed by atoms with van der Waals surface area (Å²) in [4.78, 5) is 0. The van der Waals surface area contributed by atoms with Crippen molar-refractivity contribution in [1.29, 1.82) is 0 Å². The Bertz CT molecular complexity index is 337. The lowest BCUT2D eigenvalue weighted by Gasteiger charge is -2.06. The van der Waals surface area contributed by atoms with Crippen LogP contribution in [-0.4, -0.2) is 6.04 Å². The molecule has 0 atom stereocenters. The Morgan fingerprint density at radius 1 is 1.28 bits per heavy atom. The van der Waals surface area contributed by atoms with Crippen molar-refractivity contribution in [3.63, 3.8) is 0 Å². The van der Waals surface area contributed by atoms with Crippen LogP contribution in [0.4, 0.5) is 0 Å². The second-order valence-electron chi connectivity index (χ2n) is 4.49. The van der Waals surface area contributed by atoms with Gasteiger partial charge in [-0.05, 0) is 25.8 Å². The monoisotopic (exact) mass is 267 g/mol. The van der Waals surface area contributed by atoms with E-state index in [0.717, 1.165) is 12.8 Å². The van der Waals surface area contributed by atoms with Gasteiger partial charge >= 0.3 is 0 Å². The Morgan fingerprint density at radius 3 is 2.56 bits per heavy atom. The maximum Gasteiger partial charge on any atom is 0.0729 e. The molecule has 0 spiro atoms. The molecular weight excluding hydrogens is 246 g/mol. The smallest absolute Gasteiger partial charge is 0.0729 e. The van der Waals surface area contributed by atoms with Gasteiger partial charge in [-0.1, -0.05) is 61.2 Å². The van der Waals surface area contributed by atoms with Crippen LogP contribution < -0.4 is 5.43 Å². The summed E-state index contributed by atoms with van der Waals surface area (Å²) < 4.78 is 0. The zero-order valence-corrected chi connectivity index (χ0v) is 11.8. The van der Waals surface area contributed by atoms with Gasteiger partial charge in [-0.25, -0.2) is 0 Å². The number of nitrogens with zero attached hydrogens (tertiary/aromatic N) is 2. The van der Waals surface area contributed by atoms with E-state index in [-0.39, 0.29) is 0 Å². The molecule has 1 fully saturated rings. The van der Waals surface area contributed by atoms with Gasteiger partial charge in [-0.15, -0.1) is 0 Å². The van der Waals surface area contributed by atoms with E-state index < -0.39 is 0 Å². The van der Waals surface area contributed by atoms with E-state index in [1.807, 2.05) is 19.1 Å². The number of halogens is 1. The van der Waals surface area contributed by atoms with Gasteiger partial charge in [-0.2, -0.15) is 5.11 Å². The fraction of sp³-hybridized carbons (Fsp3) is 0.571. The van der Waals surface area contributed by atoms with Crippen LogP contribution in [0.3, 0.4) is 0 Å². The first-order valence-corrected chi connectivity index (χ1v) is 6.95. The first-order valence-electron chi connectivity index (χ1n) is 6.57. The molecule has 0 radical (unpaired) electrons. The van der Waals surface area contributed by atoms with Crippen LogP contribution in [-0.2, 0) is 0 Å². The fourth-order valence-corrected chi connectivity index (χ4v) is 1.99. The average molecular weight is 268 g/mol. The van der Waals surface area contributed by atoms with Gasteiger partial charge in [0.2, 0.25) is 0 Å². The standard InChI is InChI=1S/C14H22ClN3/c1-3-4-11-14(15)12(2)16-18-17-13-9-7-5-6-8-10-13/h3-4,11,13H,2,5-10H2,1H3,(H,16,17)/b4-3-,14-11+. The maximum atomic E-state index is 6.00. The molecule has 0 saturated heterocycles. The van der Waals surface area contributed by atoms with Gasteiger partial charge in [0.05, 0.1) is 16.8 Å². The molecule has 1 aliphatic rings. The van der Waals surface area contributed by atoms with Crippen molar-refractivity contribution < 1.29 is 0 Å². The topological polar surface area (TPSA) is 36.8 Å². The molecule has 1 rings (SSSR count). The van der Waals surface area contributed by atoms with Crippen molar-refractivity contribution in [3.8, 4) is 0 Å². The van der Waals surface area contributed by atoms with Crippen molar-refractivity contribution in [3.05, 3.63) is 35.5 Å². The zero-order valence-electron chi connectivity index (χ0n) is 11.0. The van der Waals surface area contributed by atoms with Crippen molar-refractivity contribution in [2.45, 2.75) is 51.5 Å². The first kappa shape index (κ1) is 15.0. The highest BCUT2D eigenvalue weighted by molar-refractivity contribution is 6.31. The molecule has 3 nitrogen and oxygen atoms in total. The highest BCUT2D eigenvalue weighted by Gasteiger charge is 2.10. The lowest BCUT2D eigenvalue weighted by molar-refractivity contribution is 0.542. The lowest BCUT2D eigenvalue weighted by atomic mass is 10.1. The molecule has 0 unspecified atom stereocenters. The summed E-state index contributed by atoms with van der Waals surface area (Å²) in [5, 5.41) is 8.84. The number of hydrogen-bond donors (Lipinski definition) is 1. The Labute approximate surface area is 115 Å². The summed E-state index contributed by atoms with van der Waals surface area (Å²) in [5.41, 5.74) is 3.36. The van der Waals surface area contributed by atoms with Gasteiger partial charge in [0.15, 0.2) is 0 Å². The van der Waals surface area contributed by atoms with E-state index in [1.54, 1.807) is 6.08 Å². The van der Waals surface area contributed by atoms with Gasteiger partial charge in [0, 0.05) is 0 Å². The molecule has 0 aliphatic heterocycles. The summed E-state index contributed by atoms with van der Waals surface area (Å²) in [6.45, 7) is 5.74. The van der Waals surface area contributed by atoms with Crippen molar-refractivity contribution in [2.24, 2.45) is 10.3 Å². The van der Waals surface area contributed by atoms with Crippen molar-refractivity contribution in [2.75, 3.05) is 0 Å². The molecule has 0 heterocycles. The molecule has 1 aliphatic carbocycles. The summed E-state index contributed by atoms with van der Waals surface area (Å²) in [5.74, 6) is 0. The van der Waals surface area contributed by atoms with Gasteiger partial charge in [-0.3, -0.25) is 5.43 Å². The maximum absolute atomic E-state index is 6.00. The highest BCUT2D eigenvalue weighted by atomic mass is 35.5. The summed E-state index contributed by atoms with van der Waals surface area (Å²) in [7, 11) is 0. The Hall–Kier alpha value is -1.09. The number of allylic oxidation sites excluding steroid dienone is 4. The summed E-state index contributed by atoms with van der Waals surface area (Å²) in [6, 6.07) is 0.353. The van der Waals surface area contributed by atoms with E-state index in [0.29, 0.717) is 16.8 Å². The van der Waals surface area contributed by atoms with E-state index in [1.165, 1.54) is 25.7 Å². The predicted octanol–water partition coefficient (Wildman–Crippen LogP) is 4.88. The number of nitrogens with one attached hydrogen (secondary N) is 1. The van der Waals surface area contributed by atoms with Crippen LogP contribution >= 0.6 is 11.6 Å². The molecule has 1 N–H and O–H groups in total. The molecule has 0 bridgehead atoms. The molecule has 0 amide bonds. The molecule has 4 heteroatoms. The van der Waals surface area contributed by atoms with Crippen LogP contribution in [0.15, 0.2) is 45.9 Å².